The molecule has 2 atom stereocenters. The predicted molar refractivity (Wildman–Crippen MR) is 216 cm³/mol. The van der Waals surface area contributed by atoms with Crippen molar-refractivity contribution < 1.29 is 14.6 Å². The third kappa shape index (κ3) is 14.0. The van der Waals surface area contributed by atoms with Gasteiger partial charge in [0.05, 0.1) is 5.92 Å². The summed E-state index contributed by atoms with van der Waals surface area (Å²) < 4.78 is 6.72. The Morgan fingerprint density at radius 2 is 1.28 bits per heavy atom. The van der Waals surface area contributed by atoms with Gasteiger partial charge in [0.25, 0.3) is 0 Å². The second-order valence-corrected chi connectivity index (χ2v) is 15.3. The fourth-order valence-electron chi connectivity index (χ4n) is 7.20. The zero-order valence-electron chi connectivity index (χ0n) is 32.9. The number of carbonyl (C=O) groups is 1. The maximum atomic E-state index is 12.7. The molecule has 2 aromatic rings. The second kappa shape index (κ2) is 23.5. The van der Waals surface area contributed by atoms with E-state index in [1.165, 1.54) is 63.5 Å². The smallest absolute Gasteiger partial charge is 0.306 e. The van der Waals surface area contributed by atoms with Gasteiger partial charge in [-0.1, -0.05) is 130 Å². The summed E-state index contributed by atoms with van der Waals surface area (Å²) in [7, 11) is 2.14. The molecule has 0 amide bonds. The summed E-state index contributed by atoms with van der Waals surface area (Å²) in [4.78, 5) is 17.5. The number of hydrogen-bond acceptors (Lipinski definition) is 4. The van der Waals surface area contributed by atoms with Crippen LogP contribution in [0.1, 0.15) is 167 Å². The first-order chi connectivity index (χ1) is 24.3. The van der Waals surface area contributed by atoms with Gasteiger partial charge in [0.15, 0.2) is 0 Å². The molecule has 2 unspecified atom stereocenters. The number of ether oxygens (including phenoxy) is 1. The number of hydrogen-bond donors (Lipinski definition) is 1. The highest BCUT2D eigenvalue weighted by atomic mass is 16.5. The molecule has 0 radical (unpaired) electrons. The number of nitrogens with zero attached hydrogens (tertiary/aromatic N) is 2. The number of unbranched alkanes of at least 4 members (excludes halogenated alkanes) is 11. The first kappa shape index (κ1) is 41.5. The Bertz CT molecular complexity index is 1260. The van der Waals surface area contributed by atoms with Crippen molar-refractivity contribution in [2.45, 2.75) is 156 Å². The normalized spacial score (nSPS) is 14.4. The average Bonchev–Trinajstić information content (AvgIpc) is 3.10. The van der Waals surface area contributed by atoms with Crippen molar-refractivity contribution in [3.8, 4) is 11.5 Å². The number of carboxylic acid groups (broad SMARTS) is 1. The first-order valence-corrected chi connectivity index (χ1v) is 20.6. The monoisotopic (exact) mass is 689 g/mol. The van der Waals surface area contributed by atoms with E-state index in [9.17, 15) is 9.90 Å². The summed E-state index contributed by atoms with van der Waals surface area (Å²) in [5, 5.41) is 10.4. The Morgan fingerprint density at radius 1 is 0.740 bits per heavy atom. The number of benzene rings is 2. The van der Waals surface area contributed by atoms with E-state index in [1.54, 1.807) is 0 Å². The molecule has 0 spiro atoms. The van der Waals surface area contributed by atoms with Gasteiger partial charge in [-0.15, -0.1) is 0 Å². The first-order valence-electron chi connectivity index (χ1n) is 20.6. The van der Waals surface area contributed by atoms with Crippen molar-refractivity contribution in [3.05, 3.63) is 59.7 Å². The molecule has 0 aliphatic carbocycles. The Kier molecular flexibility index (Phi) is 19.5. The van der Waals surface area contributed by atoms with Crippen molar-refractivity contribution in [2.75, 3.05) is 36.5 Å². The fourth-order valence-corrected chi connectivity index (χ4v) is 7.20. The highest BCUT2D eigenvalue weighted by molar-refractivity contribution is 5.71. The number of anilines is 2. The largest absolute Gasteiger partial charge is 0.481 e. The van der Waals surface area contributed by atoms with Crippen LogP contribution >= 0.6 is 0 Å². The summed E-state index contributed by atoms with van der Waals surface area (Å²) in [6.45, 7) is 14.4. The second-order valence-electron chi connectivity index (χ2n) is 15.3. The molecule has 0 fully saturated rings. The number of fused-ring (bicyclic) bond motifs is 2. The van der Waals surface area contributed by atoms with Gasteiger partial charge in [-0.2, -0.15) is 0 Å². The molecule has 1 N–H and O–H groups in total. The van der Waals surface area contributed by atoms with Gasteiger partial charge in [-0.3, -0.25) is 4.79 Å². The molecule has 5 nitrogen and oxygen atoms in total. The summed E-state index contributed by atoms with van der Waals surface area (Å²) in [6, 6.07) is 13.2. The molecule has 1 heterocycles. The van der Waals surface area contributed by atoms with E-state index in [0.717, 1.165) is 98.8 Å². The molecule has 1 aliphatic heterocycles. The van der Waals surface area contributed by atoms with Gasteiger partial charge in [-0.25, -0.2) is 0 Å². The van der Waals surface area contributed by atoms with Crippen LogP contribution in [0.3, 0.4) is 0 Å². The summed E-state index contributed by atoms with van der Waals surface area (Å²) in [6.07, 6.45) is 25.4. The summed E-state index contributed by atoms with van der Waals surface area (Å²) >= 11 is 0. The van der Waals surface area contributed by atoms with E-state index in [-0.39, 0.29) is 5.92 Å². The van der Waals surface area contributed by atoms with Crippen molar-refractivity contribution in [2.24, 2.45) is 11.8 Å². The van der Waals surface area contributed by atoms with Crippen LogP contribution in [0.15, 0.2) is 48.6 Å². The predicted octanol–water partition coefficient (Wildman–Crippen LogP) is 13.2. The minimum atomic E-state index is -0.713. The van der Waals surface area contributed by atoms with Crippen LogP contribution < -0.4 is 14.5 Å². The van der Waals surface area contributed by atoms with Gasteiger partial charge in [0, 0.05) is 67.2 Å². The average molecular weight is 689 g/mol. The van der Waals surface area contributed by atoms with Crippen LogP contribution in [-0.2, 0) is 4.79 Å². The van der Waals surface area contributed by atoms with E-state index in [2.05, 4.69) is 100 Å². The van der Waals surface area contributed by atoms with Crippen LogP contribution in [0.25, 0.3) is 0 Å². The standard InChI is InChI=1S/C45H72N2O3/c1-7-10-30-46(6)38-26-28-40-42(33-37(45(48)49)25-23-21-19-17-15-13-14-16-18-20-22-24-36(4)5)41-29-27-39(35-44(41)50-43(40)34-38)47(31-11-8-2)32-12-9-3/h21,23,26-29,34-37,42H,7-20,22,24-25,30-33H2,1-6H3,(H,48,49)/b23-21+. The molecule has 0 saturated carbocycles. The van der Waals surface area contributed by atoms with E-state index in [0.29, 0.717) is 12.8 Å². The van der Waals surface area contributed by atoms with Crippen molar-refractivity contribution in [3.63, 3.8) is 0 Å². The van der Waals surface area contributed by atoms with Gasteiger partial charge in [-0.05, 0) is 63.0 Å². The summed E-state index contributed by atoms with van der Waals surface area (Å²) in [5.74, 6) is 1.37. The SMILES string of the molecule is CCCCN(C)c1ccc2c(c1)Oc1cc(N(CCCC)CCCC)ccc1C2CC(C/C=C/CCCCCCCCCCC(C)C)C(=O)O. The van der Waals surface area contributed by atoms with E-state index < -0.39 is 11.9 Å². The van der Waals surface area contributed by atoms with Gasteiger partial charge in [0.2, 0.25) is 0 Å². The van der Waals surface area contributed by atoms with Crippen molar-refractivity contribution >= 4 is 17.3 Å². The van der Waals surface area contributed by atoms with E-state index in [1.807, 2.05) is 0 Å². The molecular weight excluding hydrogens is 617 g/mol. The van der Waals surface area contributed by atoms with E-state index >= 15 is 0 Å². The maximum absolute atomic E-state index is 12.7. The number of allylic oxidation sites excluding steroid dienone is 2. The molecule has 0 saturated heterocycles. The molecule has 50 heavy (non-hydrogen) atoms. The highest BCUT2D eigenvalue weighted by Crippen LogP contribution is 2.49. The fraction of sp³-hybridized carbons (Fsp3) is 0.667. The minimum absolute atomic E-state index is 0.0302. The molecule has 1 aliphatic rings. The third-order valence-corrected chi connectivity index (χ3v) is 10.5. The molecule has 2 aromatic carbocycles. The van der Waals surface area contributed by atoms with Gasteiger partial charge < -0.3 is 19.6 Å². The number of rotatable bonds is 27. The number of carboxylic acids is 1. The lowest BCUT2D eigenvalue weighted by Gasteiger charge is -2.33. The maximum Gasteiger partial charge on any atom is 0.306 e. The third-order valence-electron chi connectivity index (χ3n) is 10.5. The summed E-state index contributed by atoms with van der Waals surface area (Å²) in [5.41, 5.74) is 4.54. The van der Waals surface area contributed by atoms with Crippen molar-refractivity contribution in [1.82, 2.24) is 0 Å². The Balaban J connectivity index is 1.70. The molecule has 5 heteroatoms. The zero-order chi connectivity index (χ0) is 36.1. The molecule has 280 valence electrons. The number of aliphatic carboxylic acids is 1. The zero-order valence-corrected chi connectivity index (χ0v) is 32.9. The molecule has 3 rings (SSSR count). The van der Waals surface area contributed by atoms with Crippen LogP contribution in [-0.4, -0.2) is 37.8 Å². The highest BCUT2D eigenvalue weighted by Gasteiger charge is 2.32. The lowest BCUT2D eigenvalue weighted by Crippen LogP contribution is -2.26. The van der Waals surface area contributed by atoms with Gasteiger partial charge >= 0.3 is 5.97 Å². The molecule has 0 bridgehead atoms. The Labute approximate surface area is 306 Å². The van der Waals surface area contributed by atoms with Crippen LogP contribution in [0.2, 0.25) is 0 Å². The molecular formula is C45H72N2O3. The van der Waals surface area contributed by atoms with Crippen LogP contribution in [0.4, 0.5) is 11.4 Å². The lowest BCUT2D eigenvalue weighted by molar-refractivity contribution is -0.141. The van der Waals surface area contributed by atoms with E-state index in [4.69, 9.17) is 4.74 Å². The lowest BCUT2D eigenvalue weighted by atomic mass is 9.80. The van der Waals surface area contributed by atoms with Crippen LogP contribution in [0.5, 0.6) is 11.5 Å². The van der Waals surface area contributed by atoms with Crippen LogP contribution in [0, 0.1) is 11.8 Å². The van der Waals surface area contributed by atoms with Gasteiger partial charge in [0.1, 0.15) is 11.5 Å². The Morgan fingerprint density at radius 3 is 1.86 bits per heavy atom. The topological polar surface area (TPSA) is 53.0 Å². The Hall–Kier alpha value is -2.95. The van der Waals surface area contributed by atoms with Crippen molar-refractivity contribution in [1.29, 1.82) is 0 Å². The minimum Gasteiger partial charge on any atom is -0.481 e. The molecule has 0 aromatic heterocycles. The quantitative estimate of drug-likeness (QED) is 0.0748.